The maximum absolute atomic E-state index is 3.75. The maximum atomic E-state index is 3.75. The number of nitrogens with one attached hydrogen (secondary N) is 2. The van der Waals surface area contributed by atoms with E-state index in [0.717, 1.165) is 18.4 Å². The highest BCUT2D eigenvalue weighted by Gasteiger charge is 2.24. The van der Waals surface area contributed by atoms with E-state index in [9.17, 15) is 0 Å². The van der Waals surface area contributed by atoms with Gasteiger partial charge in [0.2, 0.25) is 0 Å². The van der Waals surface area contributed by atoms with E-state index in [1.54, 1.807) is 0 Å². The second-order valence-corrected chi connectivity index (χ2v) is 6.20. The van der Waals surface area contributed by atoms with Gasteiger partial charge in [0.15, 0.2) is 0 Å². The van der Waals surface area contributed by atoms with Crippen LogP contribution >= 0.6 is 0 Å². The third kappa shape index (κ3) is 2.69. The van der Waals surface area contributed by atoms with Gasteiger partial charge in [-0.1, -0.05) is 32.0 Å². The maximum Gasteiger partial charge on any atom is 0.0457 e. The number of rotatable bonds is 3. The average molecular weight is 256 g/mol. The predicted octanol–water partition coefficient (Wildman–Crippen LogP) is 4.08. The lowest BCUT2D eigenvalue weighted by Crippen LogP contribution is -2.35. The van der Waals surface area contributed by atoms with Crippen molar-refractivity contribution >= 4 is 10.9 Å². The van der Waals surface area contributed by atoms with Gasteiger partial charge >= 0.3 is 0 Å². The van der Waals surface area contributed by atoms with Crippen LogP contribution in [0.5, 0.6) is 0 Å². The minimum absolute atomic E-state index is 0.694. The number of hydrogen-bond acceptors (Lipinski definition) is 1. The summed E-state index contributed by atoms with van der Waals surface area (Å²) in [6, 6.07) is 9.24. The Labute approximate surface area is 115 Å². The molecule has 1 saturated carbocycles. The first-order chi connectivity index (χ1) is 9.24. The zero-order chi connectivity index (χ0) is 13.2. The van der Waals surface area contributed by atoms with Gasteiger partial charge in [-0.05, 0) is 42.7 Å². The molecule has 0 bridgehead atoms. The Hall–Kier alpha value is -1.28. The smallest absolute Gasteiger partial charge is 0.0457 e. The van der Waals surface area contributed by atoms with Gasteiger partial charge < -0.3 is 10.3 Å². The number of fused-ring (bicyclic) bond motifs is 1. The molecular weight excluding hydrogens is 232 g/mol. The van der Waals surface area contributed by atoms with E-state index < -0.39 is 0 Å². The zero-order valence-electron chi connectivity index (χ0n) is 11.9. The molecule has 2 heteroatoms. The highest BCUT2D eigenvalue weighted by Crippen LogP contribution is 2.29. The number of aromatic nitrogens is 1. The first-order valence-electron chi connectivity index (χ1n) is 7.52. The van der Waals surface area contributed by atoms with Crippen LogP contribution in [-0.2, 0) is 6.54 Å². The van der Waals surface area contributed by atoms with Crippen molar-refractivity contribution in [2.24, 2.45) is 11.8 Å². The second kappa shape index (κ2) is 5.38. The lowest BCUT2D eigenvalue weighted by Gasteiger charge is -2.32. The molecule has 1 fully saturated rings. The molecule has 3 unspecified atom stereocenters. The van der Waals surface area contributed by atoms with Gasteiger partial charge in [0.1, 0.15) is 0 Å². The van der Waals surface area contributed by atoms with Crippen LogP contribution in [0.3, 0.4) is 0 Å². The van der Waals surface area contributed by atoms with Crippen LogP contribution in [0.15, 0.2) is 30.5 Å². The Morgan fingerprint density at radius 2 is 2.00 bits per heavy atom. The summed E-state index contributed by atoms with van der Waals surface area (Å²) >= 11 is 0. The lowest BCUT2D eigenvalue weighted by molar-refractivity contribution is 0.225. The summed E-state index contributed by atoms with van der Waals surface area (Å²) in [6.07, 6.45) is 6.16. The Bertz CT molecular complexity index is 543. The zero-order valence-corrected chi connectivity index (χ0v) is 11.9. The summed E-state index contributed by atoms with van der Waals surface area (Å²) in [5.41, 5.74) is 2.63. The second-order valence-electron chi connectivity index (χ2n) is 6.20. The molecule has 2 N–H and O–H groups in total. The molecule has 2 aromatic rings. The van der Waals surface area contributed by atoms with E-state index in [0.29, 0.717) is 6.04 Å². The number of para-hydroxylation sites is 1. The molecular formula is C17H24N2. The minimum atomic E-state index is 0.694. The fourth-order valence-electron chi connectivity index (χ4n) is 3.27. The number of benzene rings is 1. The van der Waals surface area contributed by atoms with Crippen LogP contribution in [0.4, 0.5) is 0 Å². The quantitative estimate of drug-likeness (QED) is 0.850. The molecule has 102 valence electrons. The van der Waals surface area contributed by atoms with E-state index in [2.05, 4.69) is 54.6 Å². The molecule has 1 heterocycles. The van der Waals surface area contributed by atoms with Gasteiger partial charge in [-0.25, -0.2) is 0 Å². The van der Waals surface area contributed by atoms with Gasteiger partial charge in [0.05, 0.1) is 0 Å². The minimum Gasteiger partial charge on any atom is -0.361 e. The largest absolute Gasteiger partial charge is 0.361 e. The van der Waals surface area contributed by atoms with E-state index in [4.69, 9.17) is 0 Å². The van der Waals surface area contributed by atoms with E-state index in [1.165, 1.54) is 35.7 Å². The van der Waals surface area contributed by atoms with Crippen LogP contribution < -0.4 is 5.32 Å². The fraction of sp³-hybridized carbons (Fsp3) is 0.529. The topological polar surface area (TPSA) is 27.8 Å². The molecule has 0 spiro atoms. The summed E-state index contributed by atoms with van der Waals surface area (Å²) in [5, 5.41) is 5.10. The molecule has 1 aliphatic rings. The molecule has 2 nitrogen and oxygen atoms in total. The van der Waals surface area contributed by atoms with Gasteiger partial charge in [0, 0.05) is 29.7 Å². The third-order valence-corrected chi connectivity index (χ3v) is 4.85. The molecule has 0 saturated heterocycles. The predicted molar refractivity (Wildman–Crippen MR) is 81.1 cm³/mol. The van der Waals surface area contributed by atoms with E-state index in [-0.39, 0.29) is 0 Å². The number of H-pyrrole nitrogens is 1. The molecule has 1 aromatic carbocycles. The van der Waals surface area contributed by atoms with Crippen molar-refractivity contribution in [1.82, 2.24) is 10.3 Å². The van der Waals surface area contributed by atoms with Crippen molar-refractivity contribution in [3.05, 3.63) is 36.0 Å². The van der Waals surface area contributed by atoms with Crippen LogP contribution in [0.25, 0.3) is 10.9 Å². The molecule has 0 radical (unpaired) electrons. The van der Waals surface area contributed by atoms with E-state index >= 15 is 0 Å². The molecule has 3 rings (SSSR count). The molecule has 1 aromatic heterocycles. The first-order valence-corrected chi connectivity index (χ1v) is 7.52. The van der Waals surface area contributed by atoms with Crippen LogP contribution in [0.1, 0.15) is 38.7 Å². The van der Waals surface area contributed by atoms with E-state index in [1.807, 2.05) is 0 Å². The van der Waals surface area contributed by atoms with Gasteiger partial charge in [-0.2, -0.15) is 0 Å². The Morgan fingerprint density at radius 1 is 1.16 bits per heavy atom. The van der Waals surface area contributed by atoms with Crippen molar-refractivity contribution in [3.63, 3.8) is 0 Å². The number of aromatic amines is 1. The van der Waals surface area contributed by atoms with Crippen LogP contribution in [0, 0.1) is 11.8 Å². The molecule has 3 atom stereocenters. The summed E-state index contributed by atoms with van der Waals surface area (Å²) in [6.45, 7) is 5.76. The fourth-order valence-corrected chi connectivity index (χ4v) is 3.27. The van der Waals surface area contributed by atoms with Crippen LogP contribution in [-0.4, -0.2) is 11.0 Å². The summed E-state index contributed by atoms with van der Waals surface area (Å²) in [5.74, 6) is 1.75. The monoisotopic (exact) mass is 256 g/mol. The molecule has 1 aliphatic carbocycles. The van der Waals surface area contributed by atoms with Crippen molar-refractivity contribution in [2.45, 2.75) is 45.7 Å². The van der Waals surface area contributed by atoms with Gasteiger partial charge in [-0.15, -0.1) is 0 Å². The van der Waals surface area contributed by atoms with Crippen molar-refractivity contribution in [3.8, 4) is 0 Å². The Morgan fingerprint density at radius 3 is 2.84 bits per heavy atom. The summed E-state index contributed by atoms with van der Waals surface area (Å²) in [4.78, 5) is 3.35. The SMILES string of the molecule is CC1CCC(NCc2c[nH]c3ccccc23)CC1C. The summed E-state index contributed by atoms with van der Waals surface area (Å²) < 4.78 is 0. The van der Waals surface area contributed by atoms with Crippen molar-refractivity contribution in [2.75, 3.05) is 0 Å². The lowest BCUT2D eigenvalue weighted by atomic mass is 9.79. The average Bonchev–Trinajstić information content (AvgIpc) is 2.83. The first kappa shape index (κ1) is 12.7. The molecule has 19 heavy (non-hydrogen) atoms. The number of hydrogen-bond donors (Lipinski definition) is 2. The van der Waals surface area contributed by atoms with Crippen molar-refractivity contribution < 1.29 is 0 Å². The van der Waals surface area contributed by atoms with Crippen LogP contribution in [0.2, 0.25) is 0 Å². The standard InChI is InChI=1S/C17H24N2/c1-12-7-8-15(9-13(12)2)18-10-14-11-19-17-6-4-3-5-16(14)17/h3-6,11-13,15,18-19H,7-10H2,1-2H3. The Kier molecular flexibility index (Phi) is 3.61. The van der Waals surface area contributed by atoms with Gasteiger partial charge in [-0.3, -0.25) is 0 Å². The Balaban J connectivity index is 1.63. The highest BCUT2D eigenvalue weighted by molar-refractivity contribution is 5.82. The molecule has 0 amide bonds. The highest BCUT2D eigenvalue weighted by atomic mass is 14.9. The normalized spacial score (nSPS) is 27.8. The third-order valence-electron chi connectivity index (χ3n) is 4.85. The summed E-state index contributed by atoms with van der Waals surface area (Å²) in [7, 11) is 0. The van der Waals surface area contributed by atoms with Crippen molar-refractivity contribution in [1.29, 1.82) is 0 Å². The molecule has 0 aliphatic heterocycles. The van der Waals surface area contributed by atoms with Gasteiger partial charge in [0.25, 0.3) is 0 Å².